The Morgan fingerprint density at radius 1 is 0.579 bits per heavy atom. The van der Waals surface area contributed by atoms with Crippen LogP contribution >= 0.6 is 0 Å². The average molecular weight is 521 g/mol. The minimum absolute atomic E-state index is 0.0380. The Morgan fingerprint density at radius 3 is 1.50 bits per heavy atom. The summed E-state index contributed by atoms with van der Waals surface area (Å²) in [5.74, 6) is 1.75. The predicted molar refractivity (Wildman–Crippen MR) is 158 cm³/mol. The minimum Gasteiger partial charge on any atom is -0.479 e. The van der Waals surface area contributed by atoms with Gasteiger partial charge in [0.05, 0.1) is 12.1 Å². The quantitative estimate of drug-likeness (QED) is 0.342. The van der Waals surface area contributed by atoms with E-state index >= 15 is 0 Å². The average Bonchev–Trinajstić information content (AvgIpc) is 3.00. The molecule has 208 valence electrons. The van der Waals surface area contributed by atoms with E-state index in [-0.39, 0.29) is 25.0 Å². The third-order valence-corrected chi connectivity index (χ3v) is 4.29. The van der Waals surface area contributed by atoms with Gasteiger partial charge in [-0.15, -0.1) is 0 Å². The van der Waals surface area contributed by atoms with Gasteiger partial charge in [0, 0.05) is 12.8 Å². The molecule has 6 heteroatoms. The van der Waals surface area contributed by atoms with Crippen molar-refractivity contribution in [2.24, 2.45) is 0 Å². The molecule has 2 rings (SSSR count). The van der Waals surface area contributed by atoms with Crippen LogP contribution in [0.25, 0.3) is 0 Å². The monoisotopic (exact) mass is 520 g/mol. The lowest BCUT2D eigenvalue weighted by Gasteiger charge is -2.12. The molecular weight excluding hydrogens is 472 g/mol. The van der Waals surface area contributed by atoms with Gasteiger partial charge < -0.3 is 9.47 Å². The Morgan fingerprint density at radius 2 is 1.03 bits per heavy atom. The number of nitrogens with zero attached hydrogens (tertiary/aromatic N) is 4. The van der Waals surface area contributed by atoms with Gasteiger partial charge in [-0.2, -0.15) is 21.0 Å². The first-order valence-corrected chi connectivity index (χ1v) is 13.5. The van der Waals surface area contributed by atoms with E-state index in [1.807, 2.05) is 130 Å². The molecule has 0 fully saturated rings. The molecule has 0 heterocycles. The molecule has 0 radical (unpaired) electrons. The standard InChI is InChI=1S/2C12H12N2O.4C2H6/c1-10(6-7-13)11-2-4-12(5-3-11)15-9-8-14;1-10(6-7-13)11-4-2-3-5-12(11)15-9-8-14;4*1-2/h2*2-5,10H,6,9H2,1H3;4*1-2H3. The van der Waals surface area contributed by atoms with Crippen LogP contribution in [0.2, 0.25) is 0 Å². The topological polar surface area (TPSA) is 114 Å². The predicted octanol–water partition coefficient (Wildman–Crippen LogP) is 9.32. The van der Waals surface area contributed by atoms with Crippen molar-refractivity contribution >= 4 is 0 Å². The second kappa shape index (κ2) is 33.0. The number of rotatable bonds is 8. The van der Waals surface area contributed by atoms with E-state index < -0.39 is 0 Å². The van der Waals surface area contributed by atoms with Gasteiger partial charge in [-0.1, -0.05) is 99.6 Å². The zero-order chi connectivity index (χ0) is 30.2. The van der Waals surface area contributed by atoms with Gasteiger partial charge in [0.15, 0.2) is 13.2 Å². The van der Waals surface area contributed by atoms with E-state index in [4.69, 9.17) is 30.5 Å². The zero-order valence-electron chi connectivity index (χ0n) is 25.2. The molecule has 0 aliphatic heterocycles. The van der Waals surface area contributed by atoms with Crippen LogP contribution in [-0.2, 0) is 0 Å². The summed E-state index contributed by atoms with van der Waals surface area (Å²) in [4.78, 5) is 0. The lowest BCUT2D eigenvalue weighted by molar-refractivity contribution is 0.362. The first kappa shape index (κ1) is 41.1. The smallest absolute Gasteiger partial charge is 0.174 e. The van der Waals surface area contributed by atoms with Crippen molar-refractivity contribution in [3.8, 4) is 35.8 Å². The third kappa shape index (κ3) is 20.2. The van der Waals surface area contributed by atoms with Crippen LogP contribution in [0.3, 0.4) is 0 Å². The molecule has 0 amide bonds. The molecule has 6 nitrogen and oxygen atoms in total. The highest BCUT2D eigenvalue weighted by Gasteiger charge is 2.10. The van der Waals surface area contributed by atoms with E-state index in [1.54, 1.807) is 0 Å². The summed E-state index contributed by atoms with van der Waals surface area (Å²) < 4.78 is 10.4. The van der Waals surface area contributed by atoms with Crippen molar-refractivity contribution in [1.82, 2.24) is 0 Å². The molecule has 0 aromatic heterocycles. The number of hydrogen-bond donors (Lipinski definition) is 0. The van der Waals surface area contributed by atoms with Gasteiger partial charge in [0.25, 0.3) is 0 Å². The third-order valence-electron chi connectivity index (χ3n) is 4.29. The Kier molecular flexibility index (Phi) is 35.7. The Hall–Kier alpha value is -4.00. The van der Waals surface area contributed by atoms with Crippen molar-refractivity contribution < 1.29 is 9.47 Å². The van der Waals surface area contributed by atoms with Gasteiger partial charge in [-0.25, -0.2) is 0 Å². The van der Waals surface area contributed by atoms with Gasteiger partial charge in [0.1, 0.15) is 23.6 Å². The van der Waals surface area contributed by atoms with Gasteiger partial charge in [-0.05, 0) is 41.2 Å². The van der Waals surface area contributed by atoms with Crippen LogP contribution in [0.15, 0.2) is 48.5 Å². The summed E-state index contributed by atoms with van der Waals surface area (Å²) >= 11 is 0. The summed E-state index contributed by atoms with van der Waals surface area (Å²) in [6.07, 6.45) is 0.964. The molecule has 2 atom stereocenters. The maximum absolute atomic E-state index is 8.62. The van der Waals surface area contributed by atoms with Gasteiger partial charge >= 0.3 is 0 Å². The second-order valence-electron chi connectivity index (χ2n) is 6.53. The fourth-order valence-corrected chi connectivity index (χ4v) is 2.64. The van der Waals surface area contributed by atoms with Crippen LogP contribution in [-0.4, -0.2) is 13.2 Å². The number of nitriles is 4. The van der Waals surface area contributed by atoms with E-state index in [1.165, 1.54) is 0 Å². The summed E-state index contributed by atoms with van der Waals surface area (Å²) in [5, 5.41) is 33.9. The molecule has 2 unspecified atom stereocenters. The van der Waals surface area contributed by atoms with Crippen molar-refractivity contribution in [3.63, 3.8) is 0 Å². The summed E-state index contributed by atoms with van der Waals surface area (Å²) in [6, 6.07) is 23.1. The van der Waals surface area contributed by atoms with Crippen molar-refractivity contribution in [2.75, 3.05) is 13.2 Å². The van der Waals surface area contributed by atoms with Gasteiger partial charge in [-0.3, -0.25) is 0 Å². The Labute approximate surface area is 233 Å². The van der Waals surface area contributed by atoms with Crippen molar-refractivity contribution in [1.29, 1.82) is 21.0 Å². The minimum atomic E-state index is 0.0380. The second-order valence-corrected chi connectivity index (χ2v) is 6.53. The molecule has 0 bridgehead atoms. The SMILES string of the molecule is CC.CC.CC.CC.CC(CC#N)c1ccc(OCC#N)cc1.CC(CC#N)c1ccccc1OCC#N. The maximum atomic E-state index is 8.62. The first-order chi connectivity index (χ1) is 18.6. The number of hydrogen-bond acceptors (Lipinski definition) is 6. The van der Waals surface area contributed by atoms with Crippen molar-refractivity contribution in [2.45, 2.75) is 93.9 Å². The largest absolute Gasteiger partial charge is 0.479 e. The number of ether oxygens (including phenoxy) is 2. The number of para-hydroxylation sites is 1. The fraction of sp³-hybridized carbons (Fsp3) is 0.500. The van der Waals surface area contributed by atoms with Crippen LogP contribution < -0.4 is 9.47 Å². The molecular formula is C32H48N4O2. The molecule has 0 aliphatic rings. The Balaban J connectivity index is -0.000000241. The highest BCUT2D eigenvalue weighted by molar-refractivity contribution is 5.36. The van der Waals surface area contributed by atoms with Crippen LogP contribution in [0, 0.1) is 45.3 Å². The van der Waals surface area contributed by atoms with E-state index in [2.05, 4.69) is 12.1 Å². The van der Waals surface area contributed by atoms with Gasteiger partial charge in [0.2, 0.25) is 0 Å². The van der Waals surface area contributed by atoms with Crippen LogP contribution in [0.5, 0.6) is 11.5 Å². The van der Waals surface area contributed by atoms with Crippen LogP contribution in [0.4, 0.5) is 0 Å². The molecule has 38 heavy (non-hydrogen) atoms. The molecule has 0 spiro atoms. The van der Waals surface area contributed by atoms with E-state index in [0.717, 1.165) is 11.1 Å². The molecule has 0 saturated carbocycles. The van der Waals surface area contributed by atoms with E-state index in [9.17, 15) is 0 Å². The summed E-state index contributed by atoms with van der Waals surface area (Å²) in [5.41, 5.74) is 2.09. The van der Waals surface area contributed by atoms with Crippen molar-refractivity contribution in [3.05, 3.63) is 59.7 Å². The maximum Gasteiger partial charge on any atom is 0.174 e. The fourth-order valence-electron chi connectivity index (χ4n) is 2.64. The molecule has 0 N–H and O–H groups in total. The highest BCUT2D eigenvalue weighted by Crippen LogP contribution is 2.28. The van der Waals surface area contributed by atoms with E-state index in [0.29, 0.717) is 24.3 Å². The summed E-state index contributed by atoms with van der Waals surface area (Å²) in [6.45, 7) is 20.1. The molecule has 2 aromatic carbocycles. The van der Waals surface area contributed by atoms with Crippen LogP contribution in [0.1, 0.15) is 105 Å². The molecule has 0 saturated heterocycles. The first-order valence-electron chi connectivity index (χ1n) is 13.5. The highest BCUT2D eigenvalue weighted by atomic mass is 16.5. The molecule has 0 aliphatic carbocycles. The summed E-state index contributed by atoms with van der Waals surface area (Å²) in [7, 11) is 0. The normalized spacial score (nSPS) is 9.42. The lowest BCUT2D eigenvalue weighted by Crippen LogP contribution is -2.00. The molecule has 2 aromatic rings. The lowest BCUT2D eigenvalue weighted by atomic mass is 9.97. The number of benzene rings is 2. The Bertz CT molecular complexity index is 946. The zero-order valence-corrected chi connectivity index (χ0v) is 25.2.